The number of amides is 4. The van der Waals surface area contributed by atoms with Crippen molar-refractivity contribution in [1.82, 2.24) is 20.4 Å². The Bertz CT molecular complexity index is 1470. The molecule has 0 aromatic heterocycles. The number of para-hydroxylation sites is 1. The highest BCUT2D eigenvalue weighted by molar-refractivity contribution is 6.03. The highest BCUT2D eigenvalue weighted by atomic mass is 16.5. The lowest BCUT2D eigenvalue weighted by Crippen LogP contribution is -2.50. The van der Waals surface area contributed by atoms with E-state index in [-0.39, 0.29) is 24.4 Å². The third-order valence-electron chi connectivity index (χ3n) is 7.95. The summed E-state index contributed by atoms with van der Waals surface area (Å²) < 4.78 is 6.04. The molecule has 4 amide bonds. The van der Waals surface area contributed by atoms with Gasteiger partial charge in [0.1, 0.15) is 17.5 Å². The normalized spacial score (nSPS) is 19.1. The van der Waals surface area contributed by atoms with Crippen molar-refractivity contribution in [2.45, 2.75) is 38.3 Å². The molecule has 2 aliphatic heterocycles. The molecule has 6 rings (SSSR count). The van der Waals surface area contributed by atoms with Crippen LogP contribution in [0.25, 0.3) is 0 Å². The SMILES string of the molecule is CCN1C(=O)N[C@@H](c2cccc(Oc3ccccc3)c2)C2=C1CN([C@H](Cc1ccccc1)C(=O)NCC1CC1)C2=O. The van der Waals surface area contributed by atoms with Crippen LogP contribution in [0.1, 0.15) is 36.9 Å². The fourth-order valence-corrected chi connectivity index (χ4v) is 5.60. The molecule has 2 N–H and O–H groups in total. The van der Waals surface area contributed by atoms with E-state index in [1.54, 1.807) is 9.80 Å². The van der Waals surface area contributed by atoms with Gasteiger partial charge in [0.15, 0.2) is 0 Å². The average molecular weight is 551 g/mol. The van der Waals surface area contributed by atoms with Gasteiger partial charge in [0.2, 0.25) is 5.91 Å². The minimum atomic E-state index is -0.698. The van der Waals surface area contributed by atoms with Gasteiger partial charge in [0.05, 0.1) is 23.9 Å². The third-order valence-corrected chi connectivity index (χ3v) is 7.95. The standard InChI is InChI=1S/C33H34N4O4/c1-2-36-28-21-37(27(18-22-10-5-3-6-11-22)31(38)34-20-23-16-17-23)32(39)29(28)30(35-33(36)40)24-12-9-15-26(19-24)41-25-13-7-4-8-14-25/h3-15,19,23,27,30H,2,16-18,20-21H2,1H3,(H,34,38)(H,35,40)/t27-,30+/m1/s1. The predicted octanol–water partition coefficient (Wildman–Crippen LogP) is 4.80. The van der Waals surface area contributed by atoms with Gasteiger partial charge in [-0.15, -0.1) is 0 Å². The molecule has 3 aromatic rings. The maximum absolute atomic E-state index is 14.2. The molecular formula is C33H34N4O4. The maximum Gasteiger partial charge on any atom is 0.322 e. The number of rotatable bonds is 10. The van der Waals surface area contributed by atoms with Crippen LogP contribution in [0.15, 0.2) is 96.2 Å². The zero-order chi connectivity index (χ0) is 28.3. The summed E-state index contributed by atoms with van der Waals surface area (Å²) >= 11 is 0. The Morgan fingerprint density at radius 2 is 1.68 bits per heavy atom. The Kier molecular flexibility index (Phi) is 7.46. The second kappa shape index (κ2) is 11.5. The van der Waals surface area contributed by atoms with Gasteiger partial charge in [-0.05, 0) is 61.1 Å². The first-order chi connectivity index (χ1) is 20.0. The molecule has 0 unspecified atom stereocenters. The zero-order valence-electron chi connectivity index (χ0n) is 23.1. The van der Waals surface area contributed by atoms with Crippen LogP contribution < -0.4 is 15.4 Å². The molecule has 1 aliphatic carbocycles. The Morgan fingerprint density at radius 1 is 0.976 bits per heavy atom. The van der Waals surface area contributed by atoms with E-state index in [1.807, 2.05) is 91.9 Å². The van der Waals surface area contributed by atoms with Crippen molar-refractivity contribution in [3.8, 4) is 11.5 Å². The summed E-state index contributed by atoms with van der Waals surface area (Å²) in [6.07, 6.45) is 2.63. The van der Waals surface area contributed by atoms with Crippen LogP contribution in [-0.4, -0.2) is 53.3 Å². The van der Waals surface area contributed by atoms with Crippen molar-refractivity contribution in [2.24, 2.45) is 5.92 Å². The smallest absolute Gasteiger partial charge is 0.322 e. The number of carbonyl (C=O) groups is 3. The van der Waals surface area contributed by atoms with E-state index in [9.17, 15) is 14.4 Å². The van der Waals surface area contributed by atoms with Gasteiger partial charge in [0, 0.05) is 19.5 Å². The largest absolute Gasteiger partial charge is 0.457 e. The van der Waals surface area contributed by atoms with Crippen molar-refractivity contribution >= 4 is 17.8 Å². The monoisotopic (exact) mass is 550 g/mol. The lowest BCUT2D eigenvalue weighted by atomic mass is 9.95. The number of nitrogens with zero attached hydrogens (tertiary/aromatic N) is 2. The molecule has 0 spiro atoms. The van der Waals surface area contributed by atoms with Gasteiger partial charge < -0.3 is 20.3 Å². The van der Waals surface area contributed by atoms with Crippen LogP contribution in [0.5, 0.6) is 11.5 Å². The third kappa shape index (κ3) is 5.68. The van der Waals surface area contributed by atoms with Crippen LogP contribution >= 0.6 is 0 Å². The van der Waals surface area contributed by atoms with Gasteiger partial charge in [-0.2, -0.15) is 0 Å². The van der Waals surface area contributed by atoms with E-state index in [4.69, 9.17) is 4.74 Å². The van der Waals surface area contributed by atoms with Gasteiger partial charge >= 0.3 is 6.03 Å². The summed E-state index contributed by atoms with van der Waals surface area (Å²) in [6, 6.07) is 25.0. The van der Waals surface area contributed by atoms with Crippen molar-refractivity contribution in [3.63, 3.8) is 0 Å². The summed E-state index contributed by atoms with van der Waals surface area (Å²) in [5.74, 6) is 1.42. The summed E-state index contributed by atoms with van der Waals surface area (Å²) in [4.78, 5) is 44.3. The number of benzene rings is 3. The first-order valence-electron chi connectivity index (χ1n) is 14.3. The number of ether oxygens (including phenoxy) is 1. The van der Waals surface area contributed by atoms with Gasteiger partial charge in [-0.1, -0.05) is 60.7 Å². The first-order valence-corrected chi connectivity index (χ1v) is 14.3. The zero-order valence-corrected chi connectivity index (χ0v) is 23.1. The van der Waals surface area contributed by atoms with E-state index in [1.165, 1.54) is 0 Å². The van der Waals surface area contributed by atoms with E-state index < -0.39 is 12.1 Å². The van der Waals surface area contributed by atoms with Crippen LogP contribution in [0, 0.1) is 5.92 Å². The summed E-state index contributed by atoms with van der Waals surface area (Å²) in [6.45, 7) is 3.11. The van der Waals surface area contributed by atoms with Gasteiger partial charge in [0.25, 0.3) is 5.91 Å². The van der Waals surface area contributed by atoms with Crippen molar-refractivity contribution < 1.29 is 19.1 Å². The summed E-state index contributed by atoms with van der Waals surface area (Å²) in [7, 11) is 0. The van der Waals surface area contributed by atoms with Gasteiger partial charge in [-0.3, -0.25) is 14.5 Å². The Hall–Kier alpha value is -4.59. The van der Waals surface area contributed by atoms with E-state index in [2.05, 4.69) is 10.6 Å². The molecule has 0 saturated heterocycles. The molecule has 3 aliphatic rings. The molecule has 41 heavy (non-hydrogen) atoms. The lowest BCUT2D eigenvalue weighted by molar-refractivity contribution is -0.136. The number of hydrogen-bond acceptors (Lipinski definition) is 4. The quantitative estimate of drug-likeness (QED) is 0.380. The van der Waals surface area contributed by atoms with Crippen molar-refractivity contribution in [3.05, 3.63) is 107 Å². The molecule has 1 saturated carbocycles. The van der Waals surface area contributed by atoms with Crippen LogP contribution in [0.4, 0.5) is 4.79 Å². The van der Waals surface area contributed by atoms with E-state index >= 15 is 0 Å². The predicted molar refractivity (Wildman–Crippen MR) is 155 cm³/mol. The van der Waals surface area contributed by atoms with Gasteiger partial charge in [-0.25, -0.2) is 4.79 Å². The minimum Gasteiger partial charge on any atom is -0.457 e. The molecule has 0 radical (unpaired) electrons. The second-order valence-corrected chi connectivity index (χ2v) is 10.8. The number of carbonyl (C=O) groups excluding carboxylic acids is 3. The Labute approximate surface area is 240 Å². The van der Waals surface area contributed by atoms with Crippen molar-refractivity contribution in [1.29, 1.82) is 0 Å². The number of likely N-dealkylation sites (N-methyl/N-ethyl adjacent to an activating group) is 1. The molecule has 2 atom stereocenters. The van der Waals surface area contributed by atoms with Crippen LogP contribution in [0.2, 0.25) is 0 Å². The minimum absolute atomic E-state index is 0.161. The number of urea groups is 1. The summed E-state index contributed by atoms with van der Waals surface area (Å²) in [5.41, 5.74) is 2.86. The molecular weight excluding hydrogens is 516 g/mol. The fraction of sp³-hybridized carbons (Fsp3) is 0.303. The number of hydrogen-bond donors (Lipinski definition) is 2. The second-order valence-electron chi connectivity index (χ2n) is 10.8. The molecule has 1 fully saturated rings. The highest BCUT2D eigenvalue weighted by Crippen LogP contribution is 2.38. The molecule has 3 aromatic carbocycles. The van der Waals surface area contributed by atoms with E-state index in [0.29, 0.717) is 48.2 Å². The molecule has 2 heterocycles. The highest BCUT2D eigenvalue weighted by Gasteiger charge is 2.47. The first kappa shape index (κ1) is 26.6. The Balaban J connectivity index is 1.31. The fourth-order valence-electron chi connectivity index (χ4n) is 5.60. The van der Waals surface area contributed by atoms with Crippen LogP contribution in [-0.2, 0) is 16.0 Å². The molecule has 210 valence electrons. The average Bonchev–Trinajstić information content (AvgIpc) is 3.77. The molecule has 8 nitrogen and oxygen atoms in total. The molecule has 0 bridgehead atoms. The van der Waals surface area contributed by atoms with Crippen LogP contribution in [0.3, 0.4) is 0 Å². The lowest BCUT2D eigenvalue weighted by Gasteiger charge is -2.33. The molecule has 8 heteroatoms. The summed E-state index contributed by atoms with van der Waals surface area (Å²) in [5, 5.41) is 6.13. The number of nitrogens with one attached hydrogen (secondary N) is 2. The van der Waals surface area contributed by atoms with E-state index in [0.717, 1.165) is 24.0 Å². The topological polar surface area (TPSA) is 91.0 Å². The van der Waals surface area contributed by atoms with Crippen molar-refractivity contribution in [2.75, 3.05) is 19.6 Å². The maximum atomic E-state index is 14.2. The Morgan fingerprint density at radius 3 is 2.39 bits per heavy atom.